The van der Waals surface area contributed by atoms with E-state index in [2.05, 4.69) is 4.98 Å². The molecule has 0 fully saturated rings. The minimum atomic E-state index is -0.673. The number of carbonyl (C=O) groups is 1. The van der Waals surface area contributed by atoms with Crippen LogP contribution in [0.2, 0.25) is 0 Å². The van der Waals surface area contributed by atoms with E-state index in [-0.39, 0.29) is 17.1 Å². The van der Waals surface area contributed by atoms with Gasteiger partial charge in [0.2, 0.25) is 5.76 Å². The fraction of sp³-hybridized carbons (Fsp3) is 0.160. The van der Waals surface area contributed by atoms with Gasteiger partial charge in [-0.3, -0.25) is 14.5 Å². The van der Waals surface area contributed by atoms with Gasteiger partial charge < -0.3 is 9.15 Å². The maximum atomic E-state index is 13.6. The Morgan fingerprint density at radius 2 is 1.81 bits per heavy atom. The van der Waals surface area contributed by atoms with Crippen LogP contribution < -0.4 is 15.1 Å². The second-order valence-electron chi connectivity index (χ2n) is 7.72. The summed E-state index contributed by atoms with van der Waals surface area (Å²) < 4.78 is 11.4. The molecule has 5 rings (SSSR count). The van der Waals surface area contributed by atoms with Crippen molar-refractivity contribution in [2.75, 3.05) is 12.0 Å². The van der Waals surface area contributed by atoms with Crippen molar-refractivity contribution < 1.29 is 13.9 Å². The zero-order valence-electron chi connectivity index (χ0n) is 17.4. The molecule has 3 heterocycles. The average molecular weight is 412 g/mol. The molecule has 1 atom stereocenters. The number of rotatable bonds is 3. The molecule has 2 aromatic carbocycles. The van der Waals surface area contributed by atoms with Crippen LogP contribution in [0.5, 0.6) is 5.75 Å². The fourth-order valence-electron chi connectivity index (χ4n) is 4.10. The van der Waals surface area contributed by atoms with Gasteiger partial charge in [-0.2, -0.15) is 0 Å². The van der Waals surface area contributed by atoms with E-state index in [1.54, 1.807) is 25.4 Å². The van der Waals surface area contributed by atoms with Gasteiger partial charge in [0.15, 0.2) is 5.43 Å². The summed E-state index contributed by atoms with van der Waals surface area (Å²) in [5, 5.41) is 0.457. The van der Waals surface area contributed by atoms with Gasteiger partial charge in [0.25, 0.3) is 5.91 Å². The molecule has 0 saturated carbocycles. The molecule has 0 radical (unpaired) electrons. The second kappa shape index (κ2) is 7.09. The lowest BCUT2D eigenvalue weighted by atomic mass is 9.98. The van der Waals surface area contributed by atoms with E-state index in [0.717, 1.165) is 16.7 Å². The average Bonchev–Trinajstić information content (AvgIpc) is 3.07. The maximum Gasteiger partial charge on any atom is 0.296 e. The Balaban J connectivity index is 1.83. The van der Waals surface area contributed by atoms with Crippen molar-refractivity contribution in [3.8, 4) is 5.75 Å². The Morgan fingerprint density at radius 3 is 2.58 bits per heavy atom. The van der Waals surface area contributed by atoms with Crippen molar-refractivity contribution >= 4 is 22.7 Å². The Kier molecular flexibility index (Phi) is 4.36. The van der Waals surface area contributed by atoms with Crippen LogP contribution in [-0.4, -0.2) is 18.0 Å². The van der Waals surface area contributed by atoms with Crippen molar-refractivity contribution in [1.82, 2.24) is 4.98 Å². The van der Waals surface area contributed by atoms with E-state index in [9.17, 15) is 9.59 Å². The highest BCUT2D eigenvalue weighted by molar-refractivity contribution is 6.10. The summed E-state index contributed by atoms with van der Waals surface area (Å²) in [5.41, 5.74) is 3.15. The highest BCUT2D eigenvalue weighted by Gasteiger charge is 2.44. The van der Waals surface area contributed by atoms with Gasteiger partial charge in [-0.25, -0.2) is 4.98 Å². The number of hydrogen-bond acceptors (Lipinski definition) is 5. The predicted molar refractivity (Wildman–Crippen MR) is 118 cm³/mol. The summed E-state index contributed by atoms with van der Waals surface area (Å²) in [6.07, 6.45) is 1.65. The third-order valence-electron chi connectivity index (χ3n) is 5.58. The molecule has 31 heavy (non-hydrogen) atoms. The number of aryl methyl sites for hydroxylation is 2. The van der Waals surface area contributed by atoms with Crippen molar-refractivity contribution in [3.05, 3.63) is 99.0 Å². The monoisotopic (exact) mass is 412 g/mol. The highest BCUT2D eigenvalue weighted by Crippen LogP contribution is 2.41. The molecule has 1 aliphatic rings. The van der Waals surface area contributed by atoms with Gasteiger partial charge >= 0.3 is 0 Å². The first-order valence-electron chi connectivity index (χ1n) is 9.95. The highest BCUT2D eigenvalue weighted by atomic mass is 16.5. The zero-order chi connectivity index (χ0) is 21.7. The fourth-order valence-corrected chi connectivity index (χ4v) is 4.10. The van der Waals surface area contributed by atoms with Gasteiger partial charge in [-0.15, -0.1) is 0 Å². The molecule has 0 spiro atoms. The molecule has 0 unspecified atom stereocenters. The third kappa shape index (κ3) is 2.99. The molecule has 6 nitrogen and oxygen atoms in total. The van der Waals surface area contributed by atoms with E-state index >= 15 is 0 Å². The number of benzene rings is 2. The van der Waals surface area contributed by atoms with Gasteiger partial charge in [0.05, 0.1) is 24.1 Å². The molecule has 154 valence electrons. The van der Waals surface area contributed by atoms with Crippen molar-refractivity contribution in [3.63, 3.8) is 0 Å². The number of pyridine rings is 1. The Labute approximate surface area is 178 Å². The first kappa shape index (κ1) is 19.1. The zero-order valence-corrected chi connectivity index (χ0v) is 17.4. The molecule has 0 N–H and O–H groups in total. The number of fused-ring (bicyclic) bond motifs is 2. The van der Waals surface area contributed by atoms with Crippen LogP contribution >= 0.6 is 0 Å². The molecule has 1 amide bonds. The molecule has 4 aromatic rings. The van der Waals surface area contributed by atoms with Crippen LogP contribution in [0.3, 0.4) is 0 Å². The van der Waals surface area contributed by atoms with E-state index in [4.69, 9.17) is 9.15 Å². The van der Waals surface area contributed by atoms with Gasteiger partial charge in [0.1, 0.15) is 17.2 Å². The number of hydrogen-bond donors (Lipinski definition) is 0. The van der Waals surface area contributed by atoms with E-state index in [1.165, 1.54) is 4.90 Å². The molecule has 6 heteroatoms. The molecular formula is C25H20N2O4. The lowest BCUT2D eigenvalue weighted by molar-refractivity contribution is 0.0970. The minimum Gasteiger partial charge on any atom is -0.497 e. The number of aromatic nitrogens is 1. The Morgan fingerprint density at radius 1 is 1.00 bits per heavy atom. The number of ether oxygens (including phenoxy) is 1. The SMILES string of the molecule is COc1cccc([C@@H]2c3c(oc4ccc(C)cc4c3=O)C(=O)N2c2cc(C)ccn2)c1. The Hall–Kier alpha value is -3.93. The first-order valence-corrected chi connectivity index (χ1v) is 9.95. The number of amides is 1. The second-order valence-corrected chi connectivity index (χ2v) is 7.72. The van der Waals surface area contributed by atoms with E-state index in [1.807, 2.05) is 56.3 Å². The largest absolute Gasteiger partial charge is 0.497 e. The predicted octanol–water partition coefficient (Wildman–Crippen LogP) is 4.56. The van der Waals surface area contributed by atoms with Crippen LogP contribution in [0, 0.1) is 13.8 Å². The van der Waals surface area contributed by atoms with Crippen LogP contribution in [0.25, 0.3) is 11.0 Å². The van der Waals surface area contributed by atoms with Gasteiger partial charge in [-0.1, -0.05) is 23.8 Å². The van der Waals surface area contributed by atoms with Crippen LogP contribution in [0.1, 0.15) is 38.9 Å². The third-order valence-corrected chi connectivity index (χ3v) is 5.58. The number of nitrogens with zero attached hydrogens (tertiary/aromatic N) is 2. The summed E-state index contributed by atoms with van der Waals surface area (Å²) in [4.78, 5) is 33.1. The summed E-state index contributed by atoms with van der Waals surface area (Å²) in [6.45, 7) is 3.85. The Bertz CT molecular complexity index is 1410. The van der Waals surface area contributed by atoms with E-state index < -0.39 is 6.04 Å². The standard InChI is InChI=1S/C25H20N2O4/c1-14-7-8-19-18(11-14)23(28)21-22(16-5-4-6-17(13-16)30-3)27(25(29)24(21)31-19)20-12-15(2)9-10-26-20/h4-13,22H,1-3H3/t22-/m1/s1. The summed E-state index contributed by atoms with van der Waals surface area (Å²) in [6, 6.07) is 15.8. The molecule has 0 saturated heterocycles. The smallest absolute Gasteiger partial charge is 0.296 e. The molecule has 1 aliphatic heterocycles. The summed E-state index contributed by atoms with van der Waals surface area (Å²) >= 11 is 0. The number of anilines is 1. The van der Waals surface area contributed by atoms with Gasteiger partial charge in [0, 0.05) is 6.20 Å². The summed E-state index contributed by atoms with van der Waals surface area (Å²) in [7, 11) is 1.58. The van der Waals surface area contributed by atoms with Crippen molar-refractivity contribution in [2.24, 2.45) is 0 Å². The van der Waals surface area contributed by atoms with Crippen LogP contribution in [-0.2, 0) is 0 Å². The molecule has 0 aliphatic carbocycles. The molecule has 0 bridgehead atoms. The lowest BCUT2D eigenvalue weighted by Gasteiger charge is -2.24. The molecule has 2 aromatic heterocycles. The topological polar surface area (TPSA) is 72.6 Å². The van der Waals surface area contributed by atoms with Crippen LogP contribution in [0.15, 0.2) is 70.0 Å². The first-order chi connectivity index (χ1) is 15.0. The summed E-state index contributed by atoms with van der Waals surface area (Å²) in [5.74, 6) is 0.762. The van der Waals surface area contributed by atoms with Crippen molar-refractivity contribution in [1.29, 1.82) is 0 Å². The molecular weight excluding hydrogens is 392 g/mol. The van der Waals surface area contributed by atoms with Crippen LogP contribution in [0.4, 0.5) is 5.82 Å². The lowest BCUT2D eigenvalue weighted by Crippen LogP contribution is -2.30. The number of carbonyl (C=O) groups excluding carboxylic acids is 1. The quantitative estimate of drug-likeness (QED) is 0.493. The maximum absolute atomic E-state index is 13.6. The minimum absolute atomic E-state index is 0.0532. The normalized spacial score (nSPS) is 15.4. The van der Waals surface area contributed by atoms with Crippen molar-refractivity contribution in [2.45, 2.75) is 19.9 Å². The number of methoxy groups -OCH3 is 1. The van der Waals surface area contributed by atoms with Gasteiger partial charge in [-0.05, 0) is 61.4 Å². The van der Waals surface area contributed by atoms with E-state index in [0.29, 0.717) is 28.1 Å².